The van der Waals surface area contributed by atoms with Crippen molar-refractivity contribution in [3.63, 3.8) is 0 Å². The largest absolute Gasteiger partial charge is 0.371 e. The maximum atomic E-state index is 13.3. The zero-order valence-electron chi connectivity index (χ0n) is 15.8. The standard InChI is InChI=1S/C22H30N2O2/c1-2-3-4-5-7-13-18-16-19(25)24-15-10-14-23-22(24)20(18)21(26)17-11-8-6-9-12-17/h6,8-9,11-12,18,23H,2-5,7,10,13-16H2,1H3. The number of amides is 1. The second-order valence-electron chi connectivity index (χ2n) is 7.39. The highest BCUT2D eigenvalue weighted by Crippen LogP contribution is 2.34. The summed E-state index contributed by atoms with van der Waals surface area (Å²) in [6.45, 7) is 3.76. The van der Waals surface area contributed by atoms with E-state index in [4.69, 9.17) is 0 Å². The maximum absolute atomic E-state index is 13.3. The molecular formula is C22H30N2O2. The minimum atomic E-state index is 0.0358. The van der Waals surface area contributed by atoms with E-state index >= 15 is 0 Å². The summed E-state index contributed by atoms with van der Waals surface area (Å²) in [5, 5.41) is 3.36. The van der Waals surface area contributed by atoms with Gasteiger partial charge in [-0.2, -0.15) is 0 Å². The van der Waals surface area contributed by atoms with Crippen LogP contribution in [0, 0.1) is 5.92 Å². The normalized spacial score (nSPS) is 20.0. The zero-order chi connectivity index (χ0) is 18.4. The summed E-state index contributed by atoms with van der Waals surface area (Å²) in [6, 6.07) is 9.47. The number of hydrogen-bond acceptors (Lipinski definition) is 3. The molecule has 1 aromatic carbocycles. The van der Waals surface area contributed by atoms with Gasteiger partial charge in [0.15, 0.2) is 5.78 Å². The van der Waals surface area contributed by atoms with Crippen LogP contribution in [0.25, 0.3) is 0 Å². The van der Waals surface area contributed by atoms with Gasteiger partial charge < -0.3 is 5.32 Å². The molecule has 0 saturated carbocycles. The number of unbranched alkanes of at least 4 members (excludes halogenated alkanes) is 4. The number of nitrogens with zero attached hydrogens (tertiary/aromatic N) is 1. The molecule has 1 saturated heterocycles. The molecule has 2 heterocycles. The van der Waals surface area contributed by atoms with Gasteiger partial charge in [0.2, 0.25) is 5.91 Å². The smallest absolute Gasteiger partial charge is 0.228 e. The fourth-order valence-corrected chi connectivity index (χ4v) is 4.04. The van der Waals surface area contributed by atoms with Crippen LogP contribution in [0.15, 0.2) is 41.7 Å². The van der Waals surface area contributed by atoms with E-state index in [2.05, 4.69) is 12.2 Å². The van der Waals surface area contributed by atoms with Gasteiger partial charge in [0.05, 0.1) is 0 Å². The van der Waals surface area contributed by atoms with Crippen LogP contribution in [0.3, 0.4) is 0 Å². The highest BCUT2D eigenvalue weighted by atomic mass is 16.2. The summed E-state index contributed by atoms with van der Waals surface area (Å²) in [4.78, 5) is 27.7. The Morgan fingerprint density at radius 3 is 2.69 bits per heavy atom. The summed E-state index contributed by atoms with van der Waals surface area (Å²) >= 11 is 0. The summed E-state index contributed by atoms with van der Waals surface area (Å²) < 4.78 is 0. The minimum Gasteiger partial charge on any atom is -0.371 e. The SMILES string of the molecule is CCCCCCCC1CC(=O)N2CCCNC2=C1C(=O)c1ccccc1. The van der Waals surface area contributed by atoms with Crippen molar-refractivity contribution in [2.24, 2.45) is 5.92 Å². The molecule has 2 aliphatic rings. The first-order chi connectivity index (χ1) is 12.7. The van der Waals surface area contributed by atoms with Gasteiger partial charge in [-0.15, -0.1) is 0 Å². The van der Waals surface area contributed by atoms with Crippen molar-refractivity contribution in [2.75, 3.05) is 13.1 Å². The van der Waals surface area contributed by atoms with Gasteiger partial charge in [-0.25, -0.2) is 0 Å². The Kier molecular flexibility index (Phi) is 6.48. The molecule has 2 aliphatic heterocycles. The van der Waals surface area contributed by atoms with E-state index in [1.165, 1.54) is 25.7 Å². The fourth-order valence-electron chi connectivity index (χ4n) is 4.04. The van der Waals surface area contributed by atoms with E-state index in [0.717, 1.165) is 43.7 Å². The van der Waals surface area contributed by atoms with Crippen LogP contribution in [0.5, 0.6) is 0 Å². The van der Waals surface area contributed by atoms with E-state index in [0.29, 0.717) is 12.0 Å². The van der Waals surface area contributed by atoms with E-state index < -0.39 is 0 Å². The maximum Gasteiger partial charge on any atom is 0.228 e. The monoisotopic (exact) mass is 354 g/mol. The molecule has 3 rings (SSSR count). The third-order valence-electron chi connectivity index (χ3n) is 5.44. The molecule has 0 spiro atoms. The molecule has 140 valence electrons. The zero-order valence-corrected chi connectivity index (χ0v) is 15.8. The Balaban J connectivity index is 1.84. The molecule has 0 aliphatic carbocycles. The minimum absolute atomic E-state index is 0.0358. The number of hydrogen-bond donors (Lipinski definition) is 1. The van der Waals surface area contributed by atoms with Gasteiger partial charge in [-0.1, -0.05) is 69.4 Å². The fraction of sp³-hybridized carbons (Fsp3) is 0.545. The predicted octanol–water partition coefficient (Wildman–Crippen LogP) is 4.28. The second kappa shape index (κ2) is 9.02. The first kappa shape index (κ1) is 18.7. The van der Waals surface area contributed by atoms with Crippen molar-refractivity contribution in [1.29, 1.82) is 0 Å². The van der Waals surface area contributed by atoms with Gasteiger partial charge in [0.1, 0.15) is 5.82 Å². The van der Waals surface area contributed by atoms with Crippen LogP contribution in [-0.2, 0) is 4.79 Å². The molecule has 4 heteroatoms. The third-order valence-corrected chi connectivity index (χ3v) is 5.44. The first-order valence-electron chi connectivity index (χ1n) is 10.1. The van der Waals surface area contributed by atoms with Gasteiger partial charge in [0.25, 0.3) is 0 Å². The van der Waals surface area contributed by atoms with Crippen LogP contribution in [0.2, 0.25) is 0 Å². The van der Waals surface area contributed by atoms with Crippen molar-refractivity contribution in [3.8, 4) is 0 Å². The van der Waals surface area contributed by atoms with E-state index in [1.807, 2.05) is 30.3 Å². The number of benzene rings is 1. The molecule has 0 aromatic heterocycles. The number of fused-ring (bicyclic) bond motifs is 1. The average molecular weight is 354 g/mol. The number of Topliss-reactive ketones (excluding diaryl/α,β-unsaturated/α-hetero) is 1. The predicted molar refractivity (Wildman–Crippen MR) is 104 cm³/mol. The molecule has 1 atom stereocenters. The van der Waals surface area contributed by atoms with Crippen molar-refractivity contribution >= 4 is 11.7 Å². The van der Waals surface area contributed by atoms with Crippen LogP contribution in [0.4, 0.5) is 0 Å². The Labute approximate surface area is 156 Å². The summed E-state index contributed by atoms with van der Waals surface area (Å²) in [5.74, 6) is 1.05. The van der Waals surface area contributed by atoms with Crippen LogP contribution in [-0.4, -0.2) is 29.7 Å². The van der Waals surface area contributed by atoms with Gasteiger partial charge in [-0.3, -0.25) is 14.5 Å². The highest BCUT2D eigenvalue weighted by molar-refractivity contribution is 6.10. The lowest BCUT2D eigenvalue weighted by atomic mass is 9.82. The van der Waals surface area contributed by atoms with Crippen LogP contribution in [0.1, 0.15) is 68.6 Å². The Hall–Kier alpha value is -2.10. The van der Waals surface area contributed by atoms with Crippen molar-refractivity contribution in [2.45, 2.75) is 58.3 Å². The van der Waals surface area contributed by atoms with Gasteiger partial charge in [0, 0.05) is 36.6 Å². The Morgan fingerprint density at radius 2 is 1.92 bits per heavy atom. The molecule has 1 aromatic rings. The summed E-state index contributed by atoms with van der Waals surface area (Å²) in [5.41, 5.74) is 1.54. The lowest BCUT2D eigenvalue weighted by molar-refractivity contribution is -0.132. The van der Waals surface area contributed by atoms with E-state index in [1.54, 1.807) is 4.90 Å². The topological polar surface area (TPSA) is 49.4 Å². The number of carbonyl (C=O) groups excluding carboxylic acids is 2. The van der Waals surface area contributed by atoms with Crippen LogP contribution >= 0.6 is 0 Å². The number of ketones is 1. The molecule has 26 heavy (non-hydrogen) atoms. The quantitative estimate of drug-likeness (QED) is 0.560. The Bertz CT molecular complexity index is 666. The molecule has 1 amide bonds. The number of nitrogens with one attached hydrogen (secondary N) is 1. The third kappa shape index (κ3) is 4.17. The van der Waals surface area contributed by atoms with Crippen molar-refractivity contribution in [1.82, 2.24) is 10.2 Å². The molecular weight excluding hydrogens is 324 g/mol. The number of allylic oxidation sites excluding steroid dienone is 1. The summed E-state index contributed by atoms with van der Waals surface area (Å²) in [6.07, 6.45) is 8.30. The van der Waals surface area contributed by atoms with Crippen molar-refractivity contribution in [3.05, 3.63) is 47.3 Å². The van der Waals surface area contributed by atoms with Crippen LogP contribution < -0.4 is 5.32 Å². The van der Waals surface area contributed by atoms with Gasteiger partial charge >= 0.3 is 0 Å². The van der Waals surface area contributed by atoms with Gasteiger partial charge in [-0.05, 0) is 12.8 Å². The molecule has 1 fully saturated rings. The van der Waals surface area contributed by atoms with E-state index in [9.17, 15) is 9.59 Å². The van der Waals surface area contributed by atoms with Crippen molar-refractivity contribution < 1.29 is 9.59 Å². The number of rotatable bonds is 8. The lowest BCUT2D eigenvalue weighted by Gasteiger charge is -2.39. The summed E-state index contributed by atoms with van der Waals surface area (Å²) in [7, 11) is 0. The first-order valence-corrected chi connectivity index (χ1v) is 10.1. The lowest BCUT2D eigenvalue weighted by Crippen LogP contribution is -2.48. The average Bonchev–Trinajstić information content (AvgIpc) is 2.68. The second-order valence-corrected chi connectivity index (χ2v) is 7.39. The van der Waals surface area contributed by atoms with E-state index in [-0.39, 0.29) is 17.6 Å². The molecule has 1 N–H and O–H groups in total. The molecule has 0 bridgehead atoms. The Morgan fingerprint density at radius 1 is 1.15 bits per heavy atom. The molecule has 1 unspecified atom stereocenters. The molecule has 0 radical (unpaired) electrons. The highest BCUT2D eigenvalue weighted by Gasteiger charge is 2.37. The molecule has 4 nitrogen and oxygen atoms in total. The number of carbonyl (C=O) groups is 2.